The van der Waals surface area contributed by atoms with Crippen molar-refractivity contribution >= 4 is 11.7 Å². The third-order valence-corrected chi connectivity index (χ3v) is 5.05. The molecule has 2 bridgehead atoms. The number of nitrogens with zero attached hydrogens (tertiary/aromatic N) is 3. The van der Waals surface area contributed by atoms with E-state index >= 15 is 0 Å². The van der Waals surface area contributed by atoms with E-state index in [0.717, 1.165) is 38.2 Å². The van der Waals surface area contributed by atoms with Crippen molar-refractivity contribution in [2.75, 3.05) is 31.1 Å². The Kier molecular flexibility index (Phi) is 3.48. The van der Waals surface area contributed by atoms with Crippen molar-refractivity contribution in [3.63, 3.8) is 0 Å². The molecule has 0 saturated carbocycles. The van der Waals surface area contributed by atoms with E-state index in [4.69, 9.17) is 4.74 Å². The highest BCUT2D eigenvalue weighted by molar-refractivity contribution is 5.80. The Morgan fingerprint density at radius 3 is 2.64 bits per heavy atom. The standard InChI is InChI=1S/C16H20FN3O2/c17-11-1-4-15(18-10-11)19-5-7-20(8-6-19)16(21)13-9-12-2-3-14(13)22-12/h1,4,10,12-14H,2-3,5-9H2/t12-,13-,14+/m1/s1. The van der Waals surface area contributed by atoms with Crippen LogP contribution in [0.1, 0.15) is 19.3 Å². The highest BCUT2D eigenvalue weighted by atomic mass is 19.1. The third kappa shape index (κ3) is 2.45. The summed E-state index contributed by atoms with van der Waals surface area (Å²) < 4.78 is 18.7. The lowest BCUT2D eigenvalue weighted by Gasteiger charge is -2.37. The maximum atomic E-state index is 12.9. The first-order chi connectivity index (χ1) is 10.7. The van der Waals surface area contributed by atoms with Crippen LogP contribution in [0.25, 0.3) is 0 Å². The molecule has 1 aromatic rings. The summed E-state index contributed by atoms with van der Waals surface area (Å²) in [6, 6.07) is 3.11. The number of piperazine rings is 1. The molecule has 6 heteroatoms. The second-order valence-corrected chi connectivity index (χ2v) is 6.36. The molecule has 4 heterocycles. The molecule has 5 nitrogen and oxygen atoms in total. The Morgan fingerprint density at radius 2 is 2.05 bits per heavy atom. The first-order valence-corrected chi connectivity index (χ1v) is 8.01. The maximum absolute atomic E-state index is 12.9. The normalized spacial score (nSPS) is 30.9. The Labute approximate surface area is 129 Å². The number of anilines is 1. The van der Waals surface area contributed by atoms with E-state index in [2.05, 4.69) is 9.88 Å². The molecule has 1 aromatic heterocycles. The van der Waals surface area contributed by atoms with Crippen LogP contribution in [-0.2, 0) is 9.53 Å². The lowest BCUT2D eigenvalue weighted by Crippen LogP contribution is -2.51. The van der Waals surface area contributed by atoms with Gasteiger partial charge in [0.15, 0.2) is 0 Å². The minimum absolute atomic E-state index is 0.0641. The van der Waals surface area contributed by atoms with Gasteiger partial charge in [-0.05, 0) is 31.4 Å². The molecule has 22 heavy (non-hydrogen) atoms. The molecule has 3 saturated heterocycles. The molecular weight excluding hydrogens is 285 g/mol. The molecule has 3 aliphatic heterocycles. The summed E-state index contributed by atoms with van der Waals surface area (Å²) in [7, 11) is 0. The fraction of sp³-hybridized carbons (Fsp3) is 0.625. The average molecular weight is 305 g/mol. The van der Waals surface area contributed by atoms with Gasteiger partial charge < -0.3 is 14.5 Å². The zero-order valence-electron chi connectivity index (χ0n) is 12.4. The van der Waals surface area contributed by atoms with E-state index in [1.807, 2.05) is 4.90 Å². The number of rotatable bonds is 2. The molecule has 0 N–H and O–H groups in total. The van der Waals surface area contributed by atoms with Gasteiger partial charge in [-0.2, -0.15) is 0 Å². The summed E-state index contributed by atoms with van der Waals surface area (Å²) in [6.45, 7) is 2.88. The molecule has 0 spiro atoms. The topological polar surface area (TPSA) is 45.7 Å². The second-order valence-electron chi connectivity index (χ2n) is 6.36. The van der Waals surface area contributed by atoms with Gasteiger partial charge in [-0.15, -0.1) is 0 Å². The number of hydrogen-bond donors (Lipinski definition) is 0. The Balaban J connectivity index is 1.35. The zero-order valence-corrected chi connectivity index (χ0v) is 12.4. The molecule has 0 aliphatic carbocycles. The monoisotopic (exact) mass is 305 g/mol. The Morgan fingerprint density at radius 1 is 1.23 bits per heavy atom. The predicted molar refractivity (Wildman–Crippen MR) is 79.0 cm³/mol. The maximum Gasteiger partial charge on any atom is 0.228 e. The minimum atomic E-state index is -0.325. The van der Waals surface area contributed by atoms with Crippen LogP contribution in [0.5, 0.6) is 0 Å². The van der Waals surface area contributed by atoms with Crippen molar-refractivity contribution in [2.45, 2.75) is 31.5 Å². The van der Waals surface area contributed by atoms with Gasteiger partial charge in [0, 0.05) is 26.2 Å². The molecule has 3 fully saturated rings. The predicted octanol–water partition coefficient (Wildman–Crippen LogP) is 1.44. The SMILES string of the molecule is O=C([C@@H]1C[C@H]2CC[C@@H]1O2)N1CCN(c2ccc(F)cn2)CC1. The number of amides is 1. The smallest absolute Gasteiger partial charge is 0.228 e. The van der Waals surface area contributed by atoms with Crippen molar-refractivity contribution in [2.24, 2.45) is 5.92 Å². The zero-order chi connectivity index (χ0) is 15.1. The summed E-state index contributed by atoms with van der Waals surface area (Å²) in [6.07, 6.45) is 4.72. The Bertz CT molecular complexity index is 557. The number of carbonyl (C=O) groups excluding carboxylic acids is 1. The number of ether oxygens (including phenoxy) is 1. The quantitative estimate of drug-likeness (QED) is 0.829. The number of hydrogen-bond acceptors (Lipinski definition) is 4. The van der Waals surface area contributed by atoms with E-state index in [1.165, 1.54) is 12.3 Å². The average Bonchev–Trinajstić information content (AvgIpc) is 3.18. The number of pyridine rings is 1. The second kappa shape index (κ2) is 5.50. The van der Waals surface area contributed by atoms with Gasteiger partial charge in [0.2, 0.25) is 5.91 Å². The number of fused-ring (bicyclic) bond motifs is 2. The van der Waals surface area contributed by atoms with Crippen molar-refractivity contribution < 1.29 is 13.9 Å². The Hall–Kier alpha value is -1.69. The van der Waals surface area contributed by atoms with Gasteiger partial charge in [0.1, 0.15) is 11.6 Å². The highest BCUT2D eigenvalue weighted by Gasteiger charge is 2.45. The summed E-state index contributed by atoms with van der Waals surface area (Å²) in [5, 5.41) is 0. The van der Waals surface area contributed by atoms with Crippen LogP contribution >= 0.6 is 0 Å². The summed E-state index contributed by atoms with van der Waals surface area (Å²) in [5.74, 6) is 0.763. The largest absolute Gasteiger partial charge is 0.374 e. The van der Waals surface area contributed by atoms with E-state index in [1.54, 1.807) is 6.07 Å². The molecule has 3 atom stereocenters. The molecule has 0 unspecified atom stereocenters. The number of aromatic nitrogens is 1. The highest BCUT2D eigenvalue weighted by Crippen LogP contribution is 2.39. The lowest BCUT2D eigenvalue weighted by molar-refractivity contribution is -0.137. The number of halogens is 1. The third-order valence-electron chi connectivity index (χ3n) is 5.05. The van der Waals surface area contributed by atoms with Gasteiger partial charge >= 0.3 is 0 Å². The van der Waals surface area contributed by atoms with Crippen molar-refractivity contribution in [3.05, 3.63) is 24.1 Å². The van der Waals surface area contributed by atoms with Crippen LogP contribution in [0.4, 0.5) is 10.2 Å². The summed E-state index contributed by atoms with van der Waals surface area (Å²) in [5.41, 5.74) is 0. The first-order valence-electron chi connectivity index (χ1n) is 8.01. The molecule has 0 aromatic carbocycles. The summed E-state index contributed by atoms with van der Waals surface area (Å²) >= 11 is 0. The van der Waals surface area contributed by atoms with Gasteiger partial charge in [-0.1, -0.05) is 0 Å². The van der Waals surface area contributed by atoms with Gasteiger partial charge in [-0.25, -0.2) is 9.37 Å². The molecule has 118 valence electrons. The van der Waals surface area contributed by atoms with E-state index in [-0.39, 0.29) is 23.7 Å². The molecule has 4 rings (SSSR count). The summed E-state index contributed by atoms with van der Waals surface area (Å²) in [4.78, 5) is 20.8. The van der Waals surface area contributed by atoms with Crippen molar-refractivity contribution in [1.82, 2.24) is 9.88 Å². The van der Waals surface area contributed by atoms with Crippen LogP contribution in [0, 0.1) is 11.7 Å². The van der Waals surface area contributed by atoms with Crippen molar-refractivity contribution in [1.29, 1.82) is 0 Å². The van der Waals surface area contributed by atoms with Gasteiger partial charge in [0.05, 0.1) is 24.3 Å². The van der Waals surface area contributed by atoms with Crippen LogP contribution in [0.2, 0.25) is 0 Å². The van der Waals surface area contributed by atoms with Crippen LogP contribution in [0.3, 0.4) is 0 Å². The number of carbonyl (C=O) groups is 1. The van der Waals surface area contributed by atoms with Crippen LogP contribution in [-0.4, -0.2) is 54.2 Å². The minimum Gasteiger partial charge on any atom is -0.374 e. The first kappa shape index (κ1) is 13.9. The van der Waals surface area contributed by atoms with Crippen LogP contribution in [0.15, 0.2) is 18.3 Å². The van der Waals surface area contributed by atoms with Crippen LogP contribution < -0.4 is 4.90 Å². The lowest BCUT2D eigenvalue weighted by atomic mass is 9.88. The van der Waals surface area contributed by atoms with E-state index in [0.29, 0.717) is 19.2 Å². The molecule has 3 aliphatic rings. The van der Waals surface area contributed by atoms with E-state index < -0.39 is 0 Å². The fourth-order valence-corrected chi connectivity index (χ4v) is 3.84. The molecule has 1 amide bonds. The fourth-order valence-electron chi connectivity index (χ4n) is 3.84. The van der Waals surface area contributed by atoms with Gasteiger partial charge in [0.25, 0.3) is 0 Å². The molecular formula is C16H20FN3O2. The van der Waals surface area contributed by atoms with E-state index in [9.17, 15) is 9.18 Å². The molecule has 0 radical (unpaired) electrons. The van der Waals surface area contributed by atoms with Gasteiger partial charge in [-0.3, -0.25) is 4.79 Å². The van der Waals surface area contributed by atoms with Crippen molar-refractivity contribution in [3.8, 4) is 0 Å².